The summed E-state index contributed by atoms with van der Waals surface area (Å²) < 4.78 is 5.39. The van der Waals surface area contributed by atoms with Crippen molar-refractivity contribution in [3.63, 3.8) is 0 Å². The zero-order valence-electron chi connectivity index (χ0n) is 10.5. The highest BCUT2D eigenvalue weighted by molar-refractivity contribution is 4.76. The SMILES string of the molecule is NC(CC1CCCCC1)CC1CCOCC1. The Morgan fingerprint density at radius 2 is 1.44 bits per heavy atom. The molecule has 0 spiro atoms. The number of nitrogens with two attached hydrogens (primary N) is 1. The number of ether oxygens (including phenoxy) is 1. The second-order valence-electron chi connectivity index (χ2n) is 5.79. The minimum absolute atomic E-state index is 0.450. The molecule has 1 saturated heterocycles. The van der Waals surface area contributed by atoms with Crippen LogP contribution in [-0.4, -0.2) is 19.3 Å². The van der Waals surface area contributed by atoms with Crippen molar-refractivity contribution in [3.8, 4) is 0 Å². The molecule has 1 aliphatic heterocycles. The van der Waals surface area contributed by atoms with E-state index in [4.69, 9.17) is 10.5 Å². The average molecular weight is 225 g/mol. The zero-order valence-corrected chi connectivity index (χ0v) is 10.5. The van der Waals surface area contributed by atoms with Crippen LogP contribution < -0.4 is 5.73 Å². The fraction of sp³-hybridized carbons (Fsp3) is 1.00. The van der Waals surface area contributed by atoms with E-state index in [2.05, 4.69) is 0 Å². The minimum atomic E-state index is 0.450. The van der Waals surface area contributed by atoms with E-state index >= 15 is 0 Å². The third-order valence-electron chi connectivity index (χ3n) is 4.34. The molecule has 0 bridgehead atoms. The predicted molar refractivity (Wildman–Crippen MR) is 67.3 cm³/mol. The molecule has 2 rings (SSSR count). The molecule has 0 amide bonds. The molecule has 2 fully saturated rings. The average Bonchev–Trinajstić information content (AvgIpc) is 2.31. The molecule has 2 aliphatic rings. The third kappa shape index (κ3) is 4.06. The first-order valence-electron chi connectivity index (χ1n) is 7.18. The Morgan fingerprint density at radius 1 is 0.875 bits per heavy atom. The van der Waals surface area contributed by atoms with Crippen molar-refractivity contribution in [3.05, 3.63) is 0 Å². The van der Waals surface area contributed by atoms with E-state index in [0.29, 0.717) is 6.04 Å². The van der Waals surface area contributed by atoms with Crippen molar-refractivity contribution in [1.29, 1.82) is 0 Å². The van der Waals surface area contributed by atoms with Crippen molar-refractivity contribution in [1.82, 2.24) is 0 Å². The molecule has 1 saturated carbocycles. The molecule has 1 atom stereocenters. The lowest BCUT2D eigenvalue weighted by atomic mass is 9.82. The van der Waals surface area contributed by atoms with Crippen LogP contribution in [0.2, 0.25) is 0 Å². The summed E-state index contributed by atoms with van der Waals surface area (Å²) in [6, 6.07) is 0.450. The van der Waals surface area contributed by atoms with E-state index in [1.807, 2.05) is 0 Å². The Hall–Kier alpha value is -0.0800. The molecule has 2 nitrogen and oxygen atoms in total. The van der Waals surface area contributed by atoms with Crippen molar-refractivity contribution in [2.45, 2.75) is 63.8 Å². The van der Waals surface area contributed by atoms with Gasteiger partial charge in [0.25, 0.3) is 0 Å². The smallest absolute Gasteiger partial charge is 0.0468 e. The van der Waals surface area contributed by atoms with Gasteiger partial charge in [-0.25, -0.2) is 0 Å². The second kappa shape index (κ2) is 6.61. The van der Waals surface area contributed by atoms with E-state index in [1.165, 1.54) is 57.8 Å². The van der Waals surface area contributed by atoms with Crippen LogP contribution in [0.1, 0.15) is 57.8 Å². The second-order valence-corrected chi connectivity index (χ2v) is 5.79. The summed E-state index contributed by atoms with van der Waals surface area (Å²) in [6.45, 7) is 1.92. The Balaban J connectivity index is 1.64. The van der Waals surface area contributed by atoms with Crippen molar-refractivity contribution >= 4 is 0 Å². The van der Waals surface area contributed by atoms with E-state index < -0.39 is 0 Å². The lowest BCUT2D eigenvalue weighted by Gasteiger charge is -2.28. The Labute approximate surface area is 99.9 Å². The maximum atomic E-state index is 6.29. The molecule has 94 valence electrons. The number of rotatable bonds is 4. The molecule has 1 heterocycles. The van der Waals surface area contributed by atoms with E-state index in [-0.39, 0.29) is 0 Å². The van der Waals surface area contributed by atoms with E-state index in [9.17, 15) is 0 Å². The fourth-order valence-corrected chi connectivity index (χ4v) is 3.36. The highest BCUT2D eigenvalue weighted by atomic mass is 16.5. The van der Waals surface area contributed by atoms with Gasteiger partial charge < -0.3 is 10.5 Å². The molecule has 2 heteroatoms. The van der Waals surface area contributed by atoms with Gasteiger partial charge >= 0.3 is 0 Å². The van der Waals surface area contributed by atoms with Crippen LogP contribution in [0.15, 0.2) is 0 Å². The molecule has 1 unspecified atom stereocenters. The van der Waals surface area contributed by atoms with Gasteiger partial charge in [0, 0.05) is 19.3 Å². The Bertz CT molecular complexity index is 163. The highest BCUT2D eigenvalue weighted by Gasteiger charge is 2.21. The molecular formula is C14H27NO. The van der Waals surface area contributed by atoms with Gasteiger partial charge in [-0.15, -0.1) is 0 Å². The summed E-state index contributed by atoms with van der Waals surface area (Å²) in [5.41, 5.74) is 6.29. The van der Waals surface area contributed by atoms with Gasteiger partial charge in [0.15, 0.2) is 0 Å². The molecule has 1 aliphatic carbocycles. The molecule has 0 radical (unpaired) electrons. The number of hydrogen-bond donors (Lipinski definition) is 1. The molecule has 16 heavy (non-hydrogen) atoms. The maximum absolute atomic E-state index is 6.29. The van der Waals surface area contributed by atoms with E-state index in [1.54, 1.807) is 0 Å². The lowest BCUT2D eigenvalue weighted by Crippen LogP contribution is -2.29. The van der Waals surface area contributed by atoms with Crippen LogP contribution in [0.25, 0.3) is 0 Å². The summed E-state index contributed by atoms with van der Waals surface area (Å²) in [5.74, 6) is 1.77. The van der Waals surface area contributed by atoms with Gasteiger partial charge in [0.2, 0.25) is 0 Å². The van der Waals surface area contributed by atoms with Gasteiger partial charge in [-0.2, -0.15) is 0 Å². The summed E-state index contributed by atoms with van der Waals surface area (Å²) in [7, 11) is 0. The summed E-state index contributed by atoms with van der Waals surface area (Å²) in [4.78, 5) is 0. The zero-order chi connectivity index (χ0) is 11.2. The molecule has 0 aromatic rings. The third-order valence-corrected chi connectivity index (χ3v) is 4.34. The van der Waals surface area contributed by atoms with E-state index in [0.717, 1.165) is 25.0 Å². The Kier molecular flexibility index (Phi) is 5.11. The van der Waals surface area contributed by atoms with Crippen LogP contribution in [0, 0.1) is 11.8 Å². The monoisotopic (exact) mass is 225 g/mol. The Morgan fingerprint density at radius 3 is 2.06 bits per heavy atom. The highest BCUT2D eigenvalue weighted by Crippen LogP contribution is 2.29. The van der Waals surface area contributed by atoms with Crippen LogP contribution >= 0.6 is 0 Å². The first kappa shape index (κ1) is 12.4. The first-order chi connectivity index (χ1) is 7.84. The molecular weight excluding hydrogens is 198 g/mol. The fourth-order valence-electron chi connectivity index (χ4n) is 3.36. The molecule has 2 N–H and O–H groups in total. The minimum Gasteiger partial charge on any atom is -0.381 e. The number of hydrogen-bond acceptors (Lipinski definition) is 2. The van der Waals surface area contributed by atoms with Gasteiger partial charge in [0.1, 0.15) is 0 Å². The standard InChI is InChI=1S/C14H27NO/c15-14(10-12-4-2-1-3-5-12)11-13-6-8-16-9-7-13/h12-14H,1-11,15H2. The molecule has 0 aromatic heterocycles. The van der Waals surface area contributed by atoms with Crippen LogP contribution in [0.4, 0.5) is 0 Å². The first-order valence-corrected chi connectivity index (χ1v) is 7.18. The van der Waals surface area contributed by atoms with Crippen LogP contribution in [0.5, 0.6) is 0 Å². The van der Waals surface area contributed by atoms with Crippen molar-refractivity contribution in [2.75, 3.05) is 13.2 Å². The normalized spacial score (nSPS) is 26.8. The topological polar surface area (TPSA) is 35.2 Å². The van der Waals surface area contributed by atoms with Crippen molar-refractivity contribution in [2.24, 2.45) is 17.6 Å². The van der Waals surface area contributed by atoms with Crippen LogP contribution in [-0.2, 0) is 4.74 Å². The van der Waals surface area contributed by atoms with Gasteiger partial charge in [-0.3, -0.25) is 0 Å². The van der Waals surface area contributed by atoms with Gasteiger partial charge in [-0.05, 0) is 37.5 Å². The summed E-state index contributed by atoms with van der Waals surface area (Å²) >= 11 is 0. The quantitative estimate of drug-likeness (QED) is 0.798. The van der Waals surface area contributed by atoms with Crippen molar-refractivity contribution < 1.29 is 4.74 Å². The van der Waals surface area contributed by atoms with Crippen LogP contribution in [0.3, 0.4) is 0 Å². The lowest BCUT2D eigenvalue weighted by molar-refractivity contribution is 0.0608. The summed E-state index contributed by atoms with van der Waals surface area (Å²) in [6.07, 6.45) is 12.2. The van der Waals surface area contributed by atoms with Gasteiger partial charge in [0.05, 0.1) is 0 Å². The maximum Gasteiger partial charge on any atom is 0.0468 e. The summed E-state index contributed by atoms with van der Waals surface area (Å²) in [5, 5.41) is 0. The largest absolute Gasteiger partial charge is 0.381 e. The molecule has 0 aromatic carbocycles. The predicted octanol–water partition coefficient (Wildman–Crippen LogP) is 3.10. The van der Waals surface area contributed by atoms with Gasteiger partial charge in [-0.1, -0.05) is 32.1 Å².